The van der Waals surface area contributed by atoms with Gasteiger partial charge in [-0.1, -0.05) is 62.7 Å². The maximum absolute atomic E-state index is 9.81. The Morgan fingerprint density at radius 3 is 2.54 bits per heavy atom. The van der Waals surface area contributed by atoms with E-state index in [1.165, 1.54) is 5.56 Å². The summed E-state index contributed by atoms with van der Waals surface area (Å²) < 4.78 is 1.73. The highest BCUT2D eigenvalue weighted by Gasteiger charge is 2.30. The van der Waals surface area contributed by atoms with Crippen molar-refractivity contribution in [2.75, 3.05) is 13.2 Å². The molecule has 0 aliphatic carbocycles. The van der Waals surface area contributed by atoms with E-state index in [-0.39, 0.29) is 17.9 Å². The number of benzene rings is 1. The van der Waals surface area contributed by atoms with Gasteiger partial charge in [0.25, 0.3) is 0 Å². The predicted octanol–water partition coefficient (Wildman–Crippen LogP) is 3.53. The fourth-order valence-electron chi connectivity index (χ4n) is 3.04. The van der Waals surface area contributed by atoms with Gasteiger partial charge in [0.05, 0.1) is 5.69 Å². The number of nitrogens with zero attached hydrogens (tertiary/aromatic N) is 2. The lowest BCUT2D eigenvalue weighted by Gasteiger charge is -2.33. The summed E-state index contributed by atoms with van der Waals surface area (Å²) in [6.07, 6.45) is 0.863. The van der Waals surface area contributed by atoms with Crippen LogP contribution in [0.2, 0.25) is 5.15 Å². The molecule has 0 aliphatic rings. The molecule has 1 aromatic heterocycles. The highest BCUT2D eigenvalue weighted by Crippen LogP contribution is 2.34. The highest BCUT2D eigenvalue weighted by atomic mass is 35.5. The van der Waals surface area contributed by atoms with Gasteiger partial charge in [-0.2, -0.15) is 5.10 Å². The summed E-state index contributed by atoms with van der Waals surface area (Å²) in [4.78, 5) is 0. The minimum Gasteiger partial charge on any atom is -0.396 e. The Morgan fingerprint density at radius 1 is 1.29 bits per heavy atom. The first-order valence-corrected chi connectivity index (χ1v) is 8.85. The number of hydrogen-bond acceptors (Lipinski definition) is 3. The van der Waals surface area contributed by atoms with Crippen LogP contribution in [0.25, 0.3) is 0 Å². The Bertz CT molecular complexity index is 652. The molecular weight excluding hydrogens is 322 g/mol. The van der Waals surface area contributed by atoms with Gasteiger partial charge in [-0.15, -0.1) is 0 Å². The molecule has 0 aliphatic heterocycles. The van der Waals surface area contributed by atoms with Crippen molar-refractivity contribution in [1.82, 2.24) is 15.1 Å². The van der Waals surface area contributed by atoms with Crippen molar-refractivity contribution in [2.45, 2.75) is 39.7 Å². The third kappa shape index (κ3) is 4.18. The lowest BCUT2D eigenvalue weighted by molar-refractivity contribution is 0.129. The van der Waals surface area contributed by atoms with Crippen LogP contribution in [0.4, 0.5) is 0 Å². The number of hydrogen-bond donors (Lipinski definition) is 2. The number of rotatable bonds is 8. The zero-order valence-corrected chi connectivity index (χ0v) is 15.8. The molecule has 0 amide bonds. The summed E-state index contributed by atoms with van der Waals surface area (Å²) in [7, 11) is 1.87. The Morgan fingerprint density at radius 2 is 1.96 bits per heavy atom. The minimum absolute atomic E-state index is 0.141. The molecule has 24 heavy (non-hydrogen) atoms. The van der Waals surface area contributed by atoms with Gasteiger partial charge in [0, 0.05) is 38.2 Å². The summed E-state index contributed by atoms with van der Waals surface area (Å²) in [5.41, 5.74) is 3.13. The number of aryl methyl sites for hydroxylation is 2. The van der Waals surface area contributed by atoms with Crippen LogP contribution in [0.5, 0.6) is 0 Å². The fourth-order valence-corrected chi connectivity index (χ4v) is 3.25. The molecule has 0 radical (unpaired) electrons. The Balaban J connectivity index is 2.12. The van der Waals surface area contributed by atoms with Crippen LogP contribution in [-0.4, -0.2) is 28.0 Å². The zero-order chi connectivity index (χ0) is 17.7. The van der Waals surface area contributed by atoms with Gasteiger partial charge in [0.2, 0.25) is 0 Å². The molecule has 2 aromatic rings. The maximum atomic E-state index is 9.81. The first-order chi connectivity index (χ1) is 11.4. The van der Waals surface area contributed by atoms with Gasteiger partial charge >= 0.3 is 0 Å². The molecule has 0 fully saturated rings. The van der Waals surface area contributed by atoms with Gasteiger partial charge in [0.1, 0.15) is 5.15 Å². The number of aliphatic hydroxyl groups excluding tert-OH is 1. The van der Waals surface area contributed by atoms with Crippen molar-refractivity contribution < 1.29 is 5.11 Å². The van der Waals surface area contributed by atoms with Crippen molar-refractivity contribution in [1.29, 1.82) is 0 Å². The average Bonchev–Trinajstić information content (AvgIpc) is 2.86. The molecular formula is C19H28ClN3O. The smallest absolute Gasteiger partial charge is 0.131 e. The number of nitrogens with one attached hydrogen (secondary N) is 1. The lowest BCUT2D eigenvalue weighted by atomic mass is 9.75. The molecule has 4 nitrogen and oxygen atoms in total. The number of aliphatic hydroxyl groups is 1. The zero-order valence-electron chi connectivity index (χ0n) is 15.0. The molecule has 0 saturated carbocycles. The molecule has 0 saturated heterocycles. The largest absolute Gasteiger partial charge is 0.396 e. The molecule has 1 unspecified atom stereocenters. The summed E-state index contributed by atoms with van der Waals surface area (Å²) in [5.74, 6) is 0.212. The Hall–Kier alpha value is -1.36. The SMILES string of the molecule is CCc1nn(C)c(Cl)c1CNCC(c1ccccc1)C(C)(C)CO. The molecule has 1 heterocycles. The quantitative estimate of drug-likeness (QED) is 0.766. The second-order valence-electron chi connectivity index (χ2n) is 6.93. The van der Waals surface area contributed by atoms with E-state index in [4.69, 9.17) is 11.6 Å². The number of aromatic nitrogens is 2. The van der Waals surface area contributed by atoms with Gasteiger partial charge in [-0.05, 0) is 17.4 Å². The van der Waals surface area contributed by atoms with Gasteiger partial charge in [-0.3, -0.25) is 4.68 Å². The van der Waals surface area contributed by atoms with Crippen molar-refractivity contribution in [3.8, 4) is 0 Å². The molecule has 1 atom stereocenters. The van der Waals surface area contributed by atoms with Crippen molar-refractivity contribution in [3.63, 3.8) is 0 Å². The van der Waals surface area contributed by atoms with E-state index in [1.807, 2.05) is 25.2 Å². The molecule has 0 spiro atoms. The van der Waals surface area contributed by atoms with E-state index < -0.39 is 0 Å². The first-order valence-electron chi connectivity index (χ1n) is 8.47. The average molecular weight is 350 g/mol. The van der Waals surface area contributed by atoms with E-state index >= 15 is 0 Å². The predicted molar refractivity (Wildman–Crippen MR) is 99.4 cm³/mol. The van der Waals surface area contributed by atoms with Gasteiger partial charge in [0.15, 0.2) is 0 Å². The van der Waals surface area contributed by atoms with Crippen LogP contribution >= 0.6 is 11.6 Å². The van der Waals surface area contributed by atoms with Crippen LogP contribution in [0.15, 0.2) is 30.3 Å². The molecule has 132 valence electrons. The third-order valence-electron chi connectivity index (χ3n) is 4.69. The fraction of sp³-hybridized carbons (Fsp3) is 0.526. The molecule has 2 rings (SSSR count). The lowest BCUT2D eigenvalue weighted by Crippen LogP contribution is -2.34. The number of halogens is 1. The Labute approximate surface area is 149 Å². The van der Waals surface area contributed by atoms with Crippen molar-refractivity contribution in [2.24, 2.45) is 12.5 Å². The summed E-state index contributed by atoms with van der Waals surface area (Å²) in [5, 5.41) is 18.5. The van der Waals surface area contributed by atoms with Gasteiger partial charge < -0.3 is 10.4 Å². The van der Waals surface area contributed by atoms with E-state index in [9.17, 15) is 5.11 Å². The van der Waals surface area contributed by atoms with Crippen molar-refractivity contribution >= 4 is 11.6 Å². The molecule has 2 N–H and O–H groups in total. The molecule has 1 aromatic carbocycles. The topological polar surface area (TPSA) is 50.1 Å². The van der Waals surface area contributed by atoms with E-state index in [1.54, 1.807) is 4.68 Å². The normalized spacial score (nSPS) is 13.2. The second kappa shape index (κ2) is 8.15. The molecule has 5 heteroatoms. The second-order valence-corrected chi connectivity index (χ2v) is 7.29. The van der Waals surface area contributed by atoms with E-state index in [0.717, 1.165) is 24.2 Å². The standard InChI is InChI=1S/C19H28ClN3O/c1-5-17-15(18(20)23(4)22-17)11-21-12-16(19(2,3)13-24)14-9-7-6-8-10-14/h6-10,16,21,24H,5,11-13H2,1-4H3. The summed E-state index contributed by atoms with van der Waals surface area (Å²) >= 11 is 6.36. The molecule has 0 bridgehead atoms. The highest BCUT2D eigenvalue weighted by molar-refractivity contribution is 6.30. The van der Waals surface area contributed by atoms with E-state index in [2.05, 4.69) is 43.3 Å². The Kier molecular flexibility index (Phi) is 6.44. The van der Waals surface area contributed by atoms with E-state index in [0.29, 0.717) is 11.7 Å². The van der Waals surface area contributed by atoms with Crippen LogP contribution in [0, 0.1) is 5.41 Å². The maximum Gasteiger partial charge on any atom is 0.131 e. The summed E-state index contributed by atoms with van der Waals surface area (Å²) in [6, 6.07) is 10.4. The minimum atomic E-state index is -0.208. The van der Waals surface area contributed by atoms with Crippen LogP contribution in [-0.2, 0) is 20.0 Å². The first kappa shape index (κ1) is 19.0. The van der Waals surface area contributed by atoms with Crippen LogP contribution < -0.4 is 5.32 Å². The van der Waals surface area contributed by atoms with Gasteiger partial charge in [-0.25, -0.2) is 0 Å². The summed E-state index contributed by atoms with van der Waals surface area (Å²) in [6.45, 7) is 7.88. The van der Waals surface area contributed by atoms with Crippen molar-refractivity contribution in [3.05, 3.63) is 52.3 Å². The monoisotopic (exact) mass is 349 g/mol. The van der Waals surface area contributed by atoms with Crippen LogP contribution in [0.3, 0.4) is 0 Å². The van der Waals surface area contributed by atoms with Crippen LogP contribution in [0.1, 0.15) is 43.5 Å². The third-order valence-corrected chi connectivity index (χ3v) is 5.16.